The molecule has 1 aromatic carbocycles. The fourth-order valence-electron chi connectivity index (χ4n) is 5.03. The number of aromatic nitrogens is 1. The lowest BCUT2D eigenvalue weighted by molar-refractivity contribution is -0.196. The summed E-state index contributed by atoms with van der Waals surface area (Å²) in [7, 11) is 0. The van der Waals surface area contributed by atoms with E-state index in [1.54, 1.807) is 24.4 Å². The van der Waals surface area contributed by atoms with Crippen LogP contribution in [0.25, 0.3) is 0 Å². The summed E-state index contributed by atoms with van der Waals surface area (Å²) >= 11 is 6.16. The van der Waals surface area contributed by atoms with Crippen LogP contribution in [0.2, 0.25) is 5.02 Å². The second kappa shape index (κ2) is 8.04. The lowest BCUT2D eigenvalue weighted by Gasteiger charge is -2.63. The third kappa shape index (κ3) is 3.96. The van der Waals surface area contributed by atoms with Gasteiger partial charge in [0.15, 0.2) is 5.78 Å². The van der Waals surface area contributed by atoms with E-state index in [-0.39, 0.29) is 28.6 Å². The van der Waals surface area contributed by atoms with Crippen molar-refractivity contribution in [2.45, 2.75) is 60.0 Å². The molecule has 2 aromatic rings. The molecule has 158 valence electrons. The Morgan fingerprint density at radius 2 is 1.87 bits per heavy atom. The highest BCUT2D eigenvalue weighted by molar-refractivity contribution is 6.31. The van der Waals surface area contributed by atoms with Crippen molar-refractivity contribution in [2.24, 2.45) is 16.7 Å². The number of hydrogen-bond donors (Lipinski definition) is 0. The van der Waals surface area contributed by atoms with E-state index >= 15 is 0 Å². The van der Waals surface area contributed by atoms with Crippen LogP contribution in [0.4, 0.5) is 0 Å². The fourth-order valence-corrected chi connectivity index (χ4v) is 5.24. The Labute approximate surface area is 184 Å². The molecule has 0 amide bonds. The molecule has 1 aliphatic rings. The van der Waals surface area contributed by atoms with Gasteiger partial charge < -0.3 is 4.74 Å². The first-order valence-electron chi connectivity index (χ1n) is 10.3. The van der Waals surface area contributed by atoms with Gasteiger partial charge in [-0.3, -0.25) is 9.78 Å². The summed E-state index contributed by atoms with van der Waals surface area (Å²) in [5.41, 5.74) is 1.70. The van der Waals surface area contributed by atoms with E-state index in [4.69, 9.17) is 21.6 Å². The van der Waals surface area contributed by atoms with Crippen molar-refractivity contribution in [3.05, 3.63) is 58.4 Å². The molecule has 1 fully saturated rings. The largest absolute Gasteiger partial charge is 0.489 e. The fraction of sp³-hybridized carbons (Fsp3) is 0.480. The molecule has 1 heterocycles. The topological polar surface area (TPSA) is 63.0 Å². The van der Waals surface area contributed by atoms with Crippen molar-refractivity contribution >= 4 is 17.4 Å². The molecule has 5 heteroatoms. The highest BCUT2D eigenvalue weighted by Crippen LogP contribution is 2.61. The number of benzene rings is 1. The summed E-state index contributed by atoms with van der Waals surface area (Å²) in [6, 6.07) is 11.0. The molecule has 1 aromatic heterocycles. The first kappa shape index (κ1) is 22.3. The van der Waals surface area contributed by atoms with Crippen LogP contribution in [0, 0.1) is 28.1 Å². The molecule has 1 saturated carbocycles. The summed E-state index contributed by atoms with van der Waals surface area (Å²) in [4.78, 5) is 17.4. The molecule has 4 nitrogen and oxygen atoms in total. The number of ketones is 1. The molecule has 0 spiro atoms. The molecule has 1 aliphatic carbocycles. The van der Waals surface area contributed by atoms with E-state index in [1.807, 2.05) is 12.1 Å². The van der Waals surface area contributed by atoms with Gasteiger partial charge in [-0.2, -0.15) is 5.26 Å². The number of hydrogen-bond acceptors (Lipinski definition) is 4. The Hall–Kier alpha value is -2.38. The van der Waals surface area contributed by atoms with Crippen molar-refractivity contribution in [1.82, 2.24) is 4.98 Å². The summed E-state index contributed by atoms with van der Waals surface area (Å²) < 4.78 is 6.30. The third-order valence-corrected chi connectivity index (χ3v) is 6.86. The lowest BCUT2D eigenvalue weighted by Crippen LogP contribution is -2.66. The zero-order valence-electron chi connectivity index (χ0n) is 18.5. The molecular formula is C25H29ClN2O2. The predicted molar refractivity (Wildman–Crippen MR) is 119 cm³/mol. The van der Waals surface area contributed by atoms with Crippen molar-refractivity contribution < 1.29 is 9.53 Å². The maximum Gasteiger partial charge on any atom is 0.164 e. The highest BCUT2D eigenvalue weighted by atomic mass is 35.5. The number of Topliss-reactive ketones (excluding diaryl/α,β-unsaturated/α-hetero) is 1. The van der Waals surface area contributed by atoms with Crippen molar-refractivity contribution in [1.29, 1.82) is 5.26 Å². The van der Waals surface area contributed by atoms with Crippen molar-refractivity contribution in [3.63, 3.8) is 0 Å². The first-order chi connectivity index (χ1) is 14.0. The second-order valence-electron chi connectivity index (χ2n) is 9.70. The maximum atomic E-state index is 13.0. The average molecular weight is 425 g/mol. The highest BCUT2D eigenvalue weighted by Gasteiger charge is 2.63. The third-order valence-electron chi connectivity index (χ3n) is 6.55. The Morgan fingerprint density at radius 3 is 2.37 bits per heavy atom. The number of carbonyl (C=O) groups excluding carboxylic acids is 1. The molecule has 0 aliphatic heterocycles. The number of halogens is 1. The van der Waals surface area contributed by atoms with Gasteiger partial charge in [-0.15, -0.1) is 0 Å². The minimum atomic E-state index is -0.190. The van der Waals surface area contributed by atoms with Gasteiger partial charge in [0.05, 0.1) is 10.6 Å². The van der Waals surface area contributed by atoms with Crippen LogP contribution < -0.4 is 4.74 Å². The van der Waals surface area contributed by atoms with Crippen LogP contribution in [0.1, 0.15) is 75.5 Å². The molecule has 0 unspecified atom stereocenters. The Morgan fingerprint density at radius 1 is 1.20 bits per heavy atom. The Kier molecular flexibility index (Phi) is 5.98. The minimum absolute atomic E-state index is 0.0757. The summed E-state index contributed by atoms with van der Waals surface area (Å²) in [5, 5.41) is 9.44. The van der Waals surface area contributed by atoms with E-state index in [0.717, 1.165) is 5.69 Å². The van der Waals surface area contributed by atoms with Gasteiger partial charge in [-0.1, -0.05) is 53.1 Å². The predicted octanol–water partition coefficient (Wildman–Crippen LogP) is 6.43. The van der Waals surface area contributed by atoms with Gasteiger partial charge in [0.2, 0.25) is 0 Å². The minimum Gasteiger partial charge on any atom is -0.489 e. The first-order valence-corrected chi connectivity index (χ1v) is 10.7. The van der Waals surface area contributed by atoms with Gasteiger partial charge in [-0.05, 0) is 36.1 Å². The van der Waals surface area contributed by atoms with Gasteiger partial charge in [0.25, 0.3) is 0 Å². The molecular weight excluding hydrogens is 396 g/mol. The molecule has 30 heavy (non-hydrogen) atoms. The zero-order valence-corrected chi connectivity index (χ0v) is 19.2. The van der Waals surface area contributed by atoms with E-state index in [0.29, 0.717) is 34.2 Å². The monoisotopic (exact) mass is 424 g/mol. The zero-order chi connectivity index (χ0) is 22.3. The summed E-state index contributed by atoms with van der Waals surface area (Å²) in [6.45, 7) is 12.8. The van der Waals surface area contributed by atoms with E-state index in [1.165, 1.54) is 0 Å². The smallest absolute Gasteiger partial charge is 0.164 e. The van der Waals surface area contributed by atoms with Gasteiger partial charge in [0.1, 0.15) is 17.9 Å². The Bertz CT molecular complexity index is 971. The SMILES string of the molecule is CC(C)c1ccc(C(=O)CC2C(C)(C)C(Oc3ccc(C#N)c(Cl)c3)C2(C)C)cn1. The number of pyridine rings is 1. The number of nitrogens with zero attached hydrogens (tertiary/aromatic N) is 2. The molecule has 0 bridgehead atoms. The van der Waals surface area contributed by atoms with Crippen LogP contribution in [-0.2, 0) is 0 Å². The van der Waals surface area contributed by atoms with Crippen LogP contribution >= 0.6 is 11.6 Å². The molecule has 0 N–H and O–H groups in total. The van der Waals surface area contributed by atoms with Crippen molar-refractivity contribution in [2.75, 3.05) is 0 Å². The lowest BCUT2D eigenvalue weighted by atomic mass is 9.44. The van der Waals surface area contributed by atoms with Crippen LogP contribution in [0.3, 0.4) is 0 Å². The summed E-state index contributed by atoms with van der Waals surface area (Å²) in [6.07, 6.45) is 2.08. The van der Waals surface area contributed by atoms with Gasteiger partial charge in [-0.25, -0.2) is 0 Å². The Balaban J connectivity index is 1.74. The summed E-state index contributed by atoms with van der Waals surface area (Å²) in [5.74, 6) is 1.26. The molecule has 0 atom stereocenters. The molecule has 0 radical (unpaired) electrons. The number of ether oxygens (including phenoxy) is 1. The number of carbonyl (C=O) groups is 1. The van der Waals surface area contributed by atoms with Gasteiger partial charge >= 0.3 is 0 Å². The maximum absolute atomic E-state index is 13.0. The van der Waals surface area contributed by atoms with Gasteiger partial charge in [0, 0.05) is 40.8 Å². The van der Waals surface area contributed by atoms with E-state index in [2.05, 4.69) is 52.6 Å². The van der Waals surface area contributed by atoms with Crippen LogP contribution in [0.15, 0.2) is 36.5 Å². The quantitative estimate of drug-likeness (QED) is 0.501. The van der Waals surface area contributed by atoms with E-state index in [9.17, 15) is 4.79 Å². The number of rotatable bonds is 6. The normalized spacial score (nSPS) is 21.6. The molecule has 0 saturated heterocycles. The van der Waals surface area contributed by atoms with Crippen molar-refractivity contribution in [3.8, 4) is 11.8 Å². The van der Waals surface area contributed by atoms with Crippen LogP contribution in [0.5, 0.6) is 5.75 Å². The number of nitriles is 1. The van der Waals surface area contributed by atoms with E-state index < -0.39 is 0 Å². The molecule has 3 rings (SSSR count). The second-order valence-corrected chi connectivity index (χ2v) is 10.1. The van der Waals surface area contributed by atoms with Crippen LogP contribution in [-0.4, -0.2) is 16.9 Å². The standard InChI is InChI=1S/C25H29ClN2O2/c1-15(2)20-10-8-17(14-28-20)21(29)12-22-24(3,4)23(25(22,5)6)30-18-9-7-16(13-27)19(26)11-18/h7-11,14-15,22-23H,12H2,1-6H3. The average Bonchev–Trinajstić information content (AvgIpc) is 2.69.